The van der Waals surface area contributed by atoms with Crippen molar-refractivity contribution in [2.45, 2.75) is 32.0 Å². The minimum atomic E-state index is -0.157. The van der Waals surface area contributed by atoms with Crippen molar-refractivity contribution >= 4 is 17.4 Å². The summed E-state index contributed by atoms with van der Waals surface area (Å²) in [6, 6.07) is 6.10. The van der Waals surface area contributed by atoms with Crippen LogP contribution in [-0.4, -0.2) is 25.3 Å². The summed E-state index contributed by atoms with van der Waals surface area (Å²) in [6.07, 6.45) is -0.157. The van der Waals surface area contributed by atoms with Crippen LogP contribution in [0.5, 0.6) is 0 Å². The molecule has 0 aliphatic rings. The first-order valence-corrected chi connectivity index (χ1v) is 6.88. The molecule has 0 bridgehead atoms. The summed E-state index contributed by atoms with van der Waals surface area (Å²) in [7, 11) is 0. The van der Waals surface area contributed by atoms with Crippen molar-refractivity contribution in [2.75, 3.05) is 24.7 Å². The fourth-order valence-electron chi connectivity index (χ4n) is 1.47. The maximum absolute atomic E-state index is 5.95. The Labute approximate surface area is 108 Å². The molecule has 0 unspecified atom stereocenters. The number of hydrogen-bond acceptors (Lipinski definition) is 4. The van der Waals surface area contributed by atoms with Crippen molar-refractivity contribution in [1.29, 1.82) is 0 Å². The van der Waals surface area contributed by atoms with Gasteiger partial charge in [0.25, 0.3) is 0 Å². The number of nitrogens with two attached hydrogens (primary N) is 1. The third-order valence-electron chi connectivity index (χ3n) is 2.25. The van der Waals surface area contributed by atoms with Crippen LogP contribution in [0.15, 0.2) is 23.1 Å². The number of rotatable bonds is 7. The highest BCUT2D eigenvalue weighted by molar-refractivity contribution is 7.99. The molecule has 0 aliphatic carbocycles. The van der Waals surface area contributed by atoms with Crippen LogP contribution in [0.4, 0.5) is 5.69 Å². The molecule has 96 valence electrons. The number of benzene rings is 1. The summed E-state index contributed by atoms with van der Waals surface area (Å²) in [5.41, 5.74) is 7.95. The van der Waals surface area contributed by atoms with E-state index >= 15 is 0 Å². The van der Waals surface area contributed by atoms with E-state index in [9.17, 15) is 0 Å². The van der Waals surface area contributed by atoms with Crippen LogP contribution < -0.4 is 5.73 Å². The number of nitrogen functional groups attached to an aromatic ring is 1. The molecule has 0 spiro atoms. The molecule has 0 amide bonds. The summed E-state index contributed by atoms with van der Waals surface area (Å²) in [6.45, 7) is 7.30. The van der Waals surface area contributed by atoms with Crippen molar-refractivity contribution in [1.82, 2.24) is 0 Å². The molecule has 0 radical (unpaired) electrons. The normalized spacial score (nSPS) is 11.1. The Kier molecular flexibility index (Phi) is 6.40. The van der Waals surface area contributed by atoms with Gasteiger partial charge in [0.1, 0.15) is 0 Å². The first-order chi connectivity index (χ1) is 8.17. The van der Waals surface area contributed by atoms with E-state index < -0.39 is 0 Å². The molecule has 0 saturated carbocycles. The van der Waals surface area contributed by atoms with Gasteiger partial charge in [-0.15, -0.1) is 11.8 Å². The van der Waals surface area contributed by atoms with Crippen LogP contribution in [0.2, 0.25) is 0 Å². The number of aryl methyl sites for hydroxylation is 1. The van der Waals surface area contributed by atoms with Crippen molar-refractivity contribution in [2.24, 2.45) is 0 Å². The summed E-state index contributed by atoms with van der Waals surface area (Å²) in [5.74, 6) is 0.759. The lowest BCUT2D eigenvalue weighted by atomic mass is 10.2. The van der Waals surface area contributed by atoms with Gasteiger partial charge < -0.3 is 15.2 Å². The minimum absolute atomic E-state index is 0.157. The van der Waals surface area contributed by atoms with Crippen LogP contribution in [0.25, 0.3) is 0 Å². The molecule has 3 nitrogen and oxygen atoms in total. The van der Waals surface area contributed by atoms with Gasteiger partial charge in [0, 0.05) is 29.5 Å². The monoisotopic (exact) mass is 255 g/mol. The van der Waals surface area contributed by atoms with Gasteiger partial charge in [-0.25, -0.2) is 0 Å². The first kappa shape index (κ1) is 14.4. The predicted octanol–water partition coefficient (Wildman–Crippen LogP) is 3.07. The second-order valence-corrected chi connectivity index (χ2v) is 4.75. The average Bonchev–Trinajstić information content (AvgIpc) is 2.28. The largest absolute Gasteiger partial charge is 0.398 e. The van der Waals surface area contributed by atoms with Gasteiger partial charge in [0.05, 0.1) is 0 Å². The van der Waals surface area contributed by atoms with E-state index in [2.05, 4.69) is 6.07 Å². The molecule has 2 N–H and O–H groups in total. The second-order valence-electron chi connectivity index (χ2n) is 3.69. The van der Waals surface area contributed by atoms with E-state index in [1.165, 1.54) is 5.56 Å². The Balaban J connectivity index is 2.52. The highest BCUT2D eigenvalue weighted by atomic mass is 32.2. The Morgan fingerprint density at radius 3 is 2.41 bits per heavy atom. The molecule has 0 aliphatic heterocycles. The maximum Gasteiger partial charge on any atom is 0.166 e. The van der Waals surface area contributed by atoms with E-state index in [-0.39, 0.29) is 6.29 Å². The average molecular weight is 255 g/mol. The number of ether oxygens (including phenoxy) is 2. The molecule has 0 atom stereocenters. The fraction of sp³-hybridized carbons (Fsp3) is 0.538. The molecular formula is C13H21NO2S. The summed E-state index contributed by atoms with van der Waals surface area (Å²) in [5, 5.41) is 0. The minimum Gasteiger partial charge on any atom is -0.398 e. The number of hydrogen-bond donors (Lipinski definition) is 1. The molecule has 1 aromatic carbocycles. The standard InChI is InChI=1S/C13H21NO2S/c1-4-15-13(16-5-2)9-17-12-7-6-10(3)8-11(12)14/h6-8,13H,4-5,9,14H2,1-3H3. The fourth-order valence-corrected chi connectivity index (χ4v) is 2.37. The molecule has 1 aromatic rings. The third kappa shape index (κ3) is 4.98. The lowest BCUT2D eigenvalue weighted by Crippen LogP contribution is -2.20. The quantitative estimate of drug-likeness (QED) is 0.462. The smallest absolute Gasteiger partial charge is 0.166 e. The summed E-state index contributed by atoms with van der Waals surface area (Å²) < 4.78 is 11.0. The zero-order valence-corrected chi connectivity index (χ0v) is 11.5. The van der Waals surface area contributed by atoms with E-state index in [1.54, 1.807) is 11.8 Å². The highest BCUT2D eigenvalue weighted by Crippen LogP contribution is 2.26. The summed E-state index contributed by atoms with van der Waals surface area (Å²) in [4.78, 5) is 1.08. The first-order valence-electron chi connectivity index (χ1n) is 5.89. The van der Waals surface area contributed by atoms with Gasteiger partial charge >= 0.3 is 0 Å². The lowest BCUT2D eigenvalue weighted by molar-refractivity contribution is -0.120. The molecule has 0 aromatic heterocycles. The predicted molar refractivity (Wildman–Crippen MR) is 73.4 cm³/mol. The molecule has 17 heavy (non-hydrogen) atoms. The van der Waals surface area contributed by atoms with Gasteiger partial charge in [-0.05, 0) is 38.5 Å². The van der Waals surface area contributed by atoms with E-state index in [0.29, 0.717) is 13.2 Å². The van der Waals surface area contributed by atoms with Gasteiger partial charge in [0.15, 0.2) is 6.29 Å². The molecule has 1 rings (SSSR count). The Hall–Kier alpha value is -0.710. The highest BCUT2D eigenvalue weighted by Gasteiger charge is 2.09. The number of anilines is 1. The van der Waals surface area contributed by atoms with Gasteiger partial charge in [-0.3, -0.25) is 0 Å². The van der Waals surface area contributed by atoms with E-state index in [4.69, 9.17) is 15.2 Å². The topological polar surface area (TPSA) is 44.5 Å². The van der Waals surface area contributed by atoms with Crippen LogP contribution in [-0.2, 0) is 9.47 Å². The van der Waals surface area contributed by atoms with Crippen LogP contribution in [0, 0.1) is 6.92 Å². The van der Waals surface area contributed by atoms with Crippen LogP contribution in [0.3, 0.4) is 0 Å². The Bertz CT molecular complexity index is 338. The van der Waals surface area contributed by atoms with Gasteiger partial charge in [0.2, 0.25) is 0 Å². The Morgan fingerprint density at radius 2 is 1.88 bits per heavy atom. The van der Waals surface area contributed by atoms with Crippen LogP contribution in [0.1, 0.15) is 19.4 Å². The van der Waals surface area contributed by atoms with Gasteiger partial charge in [-0.1, -0.05) is 6.07 Å². The van der Waals surface area contributed by atoms with E-state index in [1.807, 2.05) is 32.9 Å². The SMILES string of the molecule is CCOC(CSc1ccc(C)cc1N)OCC. The molecule has 0 heterocycles. The van der Waals surface area contributed by atoms with Crippen molar-refractivity contribution in [3.63, 3.8) is 0 Å². The van der Waals surface area contributed by atoms with Crippen molar-refractivity contribution < 1.29 is 9.47 Å². The molecule has 0 fully saturated rings. The van der Waals surface area contributed by atoms with Crippen molar-refractivity contribution in [3.8, 4) is 0 Å². The Morgan fingerprint density at radius 1 is 1.24 bits per heavy atom. The van der Waals surface area contributed by atoms with E-state index in [0.717, 1.165) is 16.3 Å². The second kappa shape index (κ2) is 7.58. The van der Waals surface area contributed by atoms with Gasteiger partial charge in [-0.2, -0.15) is 0 Å². The lowest BCUT2D eigenvalue weighted by Gasteiger charge is -2.16. The zero-order chi connectivity index (χ0) is 12.7. The van der Waals surface area contributed by atoms with Crippen molar-refractivity contribution in [3.05, 3.63) is 23.8 Å². The summed E-state index contributed by atoms with van der Waals surface area (Å²) >= 11 is 1.67. The molecule has 0 saturated heterocycles. The number of thioether (sulfide) groups is 1. The maximum atomic E-state index is 5.95. The van der Waals surface area contributed by atoms with Crippen LogP contribution >= 0.6 is 11.8 Å². The third-order valence-corrected chi connectivity index (χ3v) is 3.37. The molecule has 4 heteroatoms. The molecular weight excluding hydrogens is 234 g/mol. The zero-order valence-electron chi connectivity index (χ0n) is 10.7.